The lowest BCUT2D eigenvalue weighted by Crippen LogP contribution is -2.26. The number of rotatable bonds is 7. The van der Waals surface area contributed by atoms with Gasteiger partial charge in [0.05, 0.1) is 24.3 Å². The van der Waals surface area contributed by atoms with Crippen LogP contribution in [0, 0.1) is 11.3 Å². The average Bonchev–Trinajstić information content (AvgIpc) is 2.62. The fourth-order valence-electron chi connectivity index (χ4n) is 2.09. The van der Waals surface area contributed by atoms with Crippen molar-refractivity contribution in [2.24, 2.45) is 0 Å². The Morgan fingerprint density at radius 2 is 1.96 bits per heavy atom. The predicted molar refractivity (Wildman–Crippen MR) is 97.3 cm³/mol. The summed E-state index contributed by atoms with van der Waals surface area (Å²) in [5.41, 5.74) is 2.14. The monoisotopic (exact) mass is 387 g/mol. The zero-order chi connectivity index (χ0) is 17.4. The zero-order valence-corrected chi connectivity index (χ0v) is 14.9. The van der Waals surface area contributed by atoms with Crippen molar-refractivity contribution in [1.29, 1.82) is 5.26 Å². The zero-order valence-electron chi connectivity index (χ0n) is 13.3. The maximum atomic E-state index is 12.2. The van der Waals surface area contributed by atoms with E-state index in [4.69, 9.17) is 10.00 Å². The molecule has 0 bridgehead atoms. The molecule has 0 unspecified atom stereocenters. The lowest BCUT2D eigenvalue weighted by atomic mass is 10.2. The second kappa shape index (κ2) is 8.94. The summed E-state index contributed by atoms with van der Waals surface area (Å²) in [5.74, 6) is 0.505. The number of anilines is 1. The van der Waals surface area contributed by atoms with E-state index in [-0.39, 0.29) is 5.91 Å². The van der Waals surface area contributed by atoms with Crippen LogP contribution in [0.5, 0.6) is 5.75 Å². The van der Waals surface area contributed by atoms with E-state index in [0.717, 1.165) is 23.1 Å². The number of ether oxygens (including phenoxy) is 1. The highest BCUT2D eigenvalue weighted by molar-refractivity contribution is 9.10. The van der Waals surface area contributed by atoms with Crippen LogP contribution in [-0.2, 0) is 0 Å². The van der Waals surface area contributed by atoms with Crippen LogP contribution in [0.1, 0.15) is 22.3 Å². The Labute approximate surface area is 149 Å². The van der Waals surface area contributed by atoms with Gasteiger partial charge in [-0.2, -0.15) is 5.26 Å². The average molecular weight is 388 g/mol. The summed E-state index contributed by atoms with van der Waals surface area (Å²) < 4.78 is 5.87. The molecule has 6 heteroatoms. The summed E-state index contributed by atoms with van der Waals surface area (Å²) in [5, 5.41) is 14.9. The molecular formula is C18H18BrN3O2. The number of carbonyl (C=O) groups is 1. The first-order valence-corrected chi connectivity index (χ1v) is 8.29. The first-order valence-electron chi connectivity index (χ1n) is 7.50. The van der Waals surface area contributed by atoms with Crippen molar-refractivity contribution < 1.29 is 9.53 Å². The molecule has 0 saturated carbocycles. The van der Waals surface area contributed by atoms with E-state index < -0.39 is 0 Å². The Balaban J connectivity index is 1.75. The molecule has 2 N–H and O–H groups in total. The van der Waals surface area contributed by atoms with Crippen LogP contribution in [0.4, 0.5) is 5.69 Å². The molecule has 0 aromatic heterocycles. The van der Waals surface area contributed by atoms with Crippen LogP contribution in [-0.4, -0.2) is 26.1 Å². The van der Waals surface area contributed by atoms with Crippen LogP contribution in [0.3, 0.4) is 0 Å². The van der Waals surface area contributed by atoms with Gasteiger partial charge in [0, 0.05) is 23.2 Å². The first-order chi connectivity index (χ1) is 11.6. The number of benzene rings is 2. The molecule has 0 aliphatic heterocycles. The number of methoxy groups -OCH3 is 1. The summed E-state index contributed by atoms with van der Waals surface area (Å²) in [6, 6.07) is 14.6. The predicted octanol–water partition coefficient (Wildman–Crippen LogP) is 3.56. The molecule has 1 amide bonds. The molecule has 0 radical (unpaired) electrons. The smallest absolute Gasteiger partial charge is 0.252 e. The minimum absolute atomic E-state index is 0.140. The van der Waals surface area contributed by atoms with Crippen molar-refractivity contribution in [1.82, 2.24) is 5.32 Å². The van der Waals surface area contributed by atoms with Gasteiger partial charge in [0.1, 0.15) is 5.75 Å². The molecule has 124 valence electrons. The van der Waals surface area contributed by atoms with Crippen molar-refractivity contribution in [3.05, 3.63) is 58.1 Å². The number of halogens is 1. The molecule has 0 aliphatic rings. The summed E-state index contributed by atoms with van der Waals surface area (Å²) in [4.78, 5) is 12.2. The minimum Gasteiger partial charge on any atom is -0.497 e. The van der Waals surface area contributed by atoms with E-state index in [1.807, 2.05) is 12.1 Å². The number of hydrogen-bond donors (Lipinski definition) is 2. The van der Waals surface area contributed by atoms with Crippen molar-refractivity contribution >= 4 is 27.5 Å². The number of amides is 1. The first kappa shape index (κ1) is 17.8. The lowest BCUT2D eigenvalue weighted by Gasteiger charge is -2.09. The highest BCUT2D eigenvalue weighted by Gasteiger charge is 2.10. The maximum Gasteiger partial charge on any atom is 0.252 e. The van der Waals surface area contributed by atoms with Gasteiger partial charge in [-0.3, -0.25) is 4.79 Å². The van der Waals surface area contributed by atoms with E-state index in [0.29, 0.717) is 23.4 Å². The van der Waals surface area contributed by atoms with Crippen molar-refractivity contribution in [2.75, 3.05) is 25.5 Å². The third-order valence-corrected chi connectivity index (χ3v) is 4.09. The molecular weight excluding hydrogens is 370 g/mol. The SMILES string of the molecule is COc1ccc(Br)c(C(=O)NCCCNc2ccc(C#N)cc2)c1. The number of nitrogens with zero attached hydrogens (tertiary/aromatic N) is 1. The van der Waals surface area contributed by atoms with Crippen LogP contribution in [0.2, 0.25) is 0 Å². The summed E-state index contributed by atoms with van der Waals surface area (Å²) in [7, 11) is 1.57. The second-order valence-corrected chi connectivity index (χ2v) is 5.93. The Morgan fingerprint density at radius 3 is 2.62 bits per heavy atom. The lowest BCUT2D eigenvalue weighted by molar-refractivity contribution is 0.0952. The molecule has 5 nitrogen and oxygen atoms in total. The molecule has 0 heterocycles. The Bertz CT molecular complexity index is 739. The highest BCUT2D eigenvalue weighted by atomic mass is 79.9. The van der Waals surface area contributed by atoms with Gasteiger partial charge in [0.15, 0.2) is 0 Å². The fraction of sp³-hybridized carbons (Fsp3) is 0.222. The van der Waals surface area contributed by atoms with E-state index in [2.05, 4.69) is 32.6 Å². The van der Waals surface area contributed by atoms with Gasteiger partial charge in [-0.25, -0.2) is 0 Å². The van der Waals surface area contributed by atoms with Crippen molar-refractivity contribution in [3.63, 3.8) is 0 Å². The number of nitriles is 1. The van der Waals surface area contributed by atoms with Gasteiger partial charge < -0.3 is 15.4 Å². The summed E-state index contributed by atoms with van der Waals surface area (Å²) in [6.07, 6.45) is 0.785. The normalized spacial score (nSPS) is 9.88. The van der Waals surface area contributed by atoms with Gasteiger partial charge in [-0.05, 0) is 64.8 Å². The van der Waals surface area contributed by atoms with Gasteiger partial charge in [-0.1, -0.05) is 0 Å². The number of hydrogen-bond acceptors (Lipinski definition) is 4. The van der Waals surface area contributed by atoms with Crippen molar-refractivity contribution in [3.8, 4) is 11.8 Å². The molecule has 0 saturated heterocycles. The molecule has 0 fully saturated rings. The fourth-order valence-corrected chi connectivity index (χ4v) is 2.51. The standard InChI is InChI=1S/C18H18BrN3O2/c1-24-15-7-8-17(19)16(11-15)18(23)22-10-2-9-21-14-5-3-13(12-20)4-6-14/h3-8,11,21H,2,9-10H2,1H3,(H,22,23). The van der Waals surface area contributed by atoms with Crippen LogP contribution >= 0.6 is 15.9 Å². The molecule has 24 heavy (non-hydrogen) atoms. The van der Waals surface area contributed by atoms with Crippen LogP contribution in [0.25, 0.3) is 0 Å². The molecule has 2 aromatic rings. The molecule has 0 aliphatic carbocycles. The molecule has 2 rings (SSSR count). The van der Waals surface area contributed by atoms with Gasteiger partial charge in [0.25, 0.3) is 5.91 Å². The molecule has 0 atom stereocenters. The molecule has 0 spiro atoms. The van der Waals surface area contributed by atoms with Crippen LogP contribution in [0.15, 0.2) is 46.9 Å². The van der Waals surface area contributed by atoms with Crippen LogP contribution < -0.4 is 15.4 Å². The van der Waals surface area contributed by atoms with E-state index in [1.165, 1.54) is 0 Å². The van der Waals surface area contributed by atoms with E-state index in [9.17, 15) is 4.79 Å². The van der Waals surface area contributed by atoms with Gasteiger partial charge in [0.2, 0.25) is 0 Å². The quantitative estimate of drug-likeness (QED) is 0.712. The van der Waals surface area contributed by atoms with Gasteiger partial charge >= 0.3 is 0 Å². The summed E-state index contributed by atoms with van der Waals surface area (Å²) in [6.45, 7) is 1.29. The third kappa shape index (κ3) is 5.00. The van der Waals surface area contributed by atoms with Crippen molar-refractivity contribution in [2.45, 2.75) is 6.42 Å². The second-order valence-electron chi connectivity index (χ2n) is 5.07. The maximum absolute atomic E-state index is 12.2. The largest absolute Gasteiger partial charge is 0.497 e. The third-order valence-electron chi connectivity index (χ3n) is 3.40. The Morgan fingerprint density at radius 1 is 1.21 bits per heavy atom. The Kier molecular flexibility index (Phi) is 6.64. The van der Waals surface area contributed by atoms with Gasteiger partial charge in [-0.15, -0.1) is 0 Å². The molecule has 2 aromatic carbocycles. The number of carbonyl (C=O) groups excluding carboxylic acids is 1. The Hall–Kier alpha value is -2.52. The topological polar surface area (TPSA) is 74.2 Å². The number of nitrogens with one attached hydrogen (secondary N) is 2. The summed E-state index contributed by atoms with van der Waals surface area (Å²) >= 11 is 3.37. The minimum atomic E-state index is -0.140. The highest BCUT2D eigenvalue weighted by Crippen LogP contribution is 2.22. The van der Waals surface area contributed by atoms with E-state index >= 15 is 0 Å². The van der Waals surface area contributed by atoms with E-state index in [1.54, 1.807) is 37.4 Å².